The van der Waals surface area contributed by atoms with Gasteiger partial charge in [-0.15, -0.1) is 0 Å². The number of rotatable bonds is 6. The maximum absolute atomic E-state index is 12.0. The SMILES string of the molecule is C[NH+](CC(=O)Nc1ccc(Cl)cc1[N+](=O)[O-])CC(=O)NC(C)(C)C. The van der Waals surface area contributed by atoms with Crippen LogP contribution in [0.2, 0.25) is 5.02 Å². The van der Waals surface area contributed by atoms with Crippen molar-refractivity contribution in [2.45, 2.75) is 26.3 Å². The Morgan fingerprint density at radius 2 is 1.83 bits per heavy atom. The highest BCUT2D eigenvalue weighted by atomic mass is 35.5. The lowest BCUT2D eigenvalue weighted by atomic mass is 10.1. The Labute approximate surface area is 145 Å². The minimum absolute atomic E-state index is 0.00264. The molecule has 8 nitrogen and oxygen atoms in total. The summed E-state index contributed by atoms with van der Waals surface area (Å²) in [4.78, 5) is 34.9. The van der Waals surface area contributed by atoms with Crippen molar-refractivity contribution in [3.05, 3.63) is 33.3 Å². The zero-order valence-electron chi connectivity index (χ0n) is 14.1. The second-order valence-electron chi connectivity index (χ2n) is 6.58. The van der Waals surface area contributed by atoms with Gasteiger partial charge in [0.05, 0.1) is 12.0 Å². The number of nitro groups is 1. The third-order valence-electron chi connectivity index (χ3n) is 2.87. The van der Waals surface area contributed by atoms with Crippen LogP contribution in [0, 0.1) is 10.1 Å². The van der Waals surface area contributed by atoms with Gasteiger partial charge < -0.3 is 15.5 Å². The van der Waals surface area contributed by atoms with Crippen molar-refractivity contribution in [3.8, 4) is 0 Å². The van der Waals surface area contributed by atoms with Crippen LogP contribution in [-0.2, 0) is 9.59 Å². The highest BCUT2D eigenvalue weighted by Crippen LogP contribution is 2.27. The molecule has 0 fully saturated rings. The van der Waals surface area contributed by atoms with Gasteiger partial charge in [0.1, 0.15) is 5.69 Å². The average molecular weight is 358 g/mol. The molecule has 0 aromatic heterocycles. The zero-order valence-corrected chi connectivity index (χ0v) is 14.9. The number of carbonyl (C=O) groups is 2. The summed E-state index contributed by atoms with van der Waals surface area (Å²) >= 11 is 5.73. The molecule has 1 atom stereocenters. The fourth-order valence-corrected chi connectivity index (χ4v) is 2.20. The molecule has 0 heterocycles. The van der Waals surface area contributed by atoms with E-state index in [4.69, 9.17) is 11.6 Å². The third-order valence-corrected chi connectivity index (χ3v) is 3.10. The number of likely N-dealkylation sites (N-methyl/N-ethyl adjacent to an activating group) is 1. The third kappa shape index (κ3) is 6.93. The lowest BCUT2D eigenvalue weighted by molar-refractivity contribution is -0.862. The topological polar surface area (TPSA) is 106 Å². The lowest BCUT2D eigenvalue weighted by Gasteiger charge is -2.21. The van der Waals surface area contributed by atoms with Crippen molar-refractivity contribution in [2.75, 3.05) is 25.5 Å². The van der Waals surface area contributed by atoms with E-state index >= 15 is 0 Å². The van der Waals surface area contributed by atoms with E-state index in [1.165, 1.54) is 18.2 Å². The van der Waals surface area contributed by atoms with Gasteiger partial charge in [-0.3, -0.25) is 19.7 Å². The fraction of sp³-hybridized carbons (Fsp3) is 0.467. The van der Waals surface area contributed by atoms with Crippen LogP contribution in [0.25, 0.3) is 0 Å². The lowest BCUT2D eigenvalue weighted by Crippen LogP contribution is -3.11. The molecule has 3 N–H and O–H groups in total. The highest BCUT2D eigenvalue weighted by molar-refractivity contribution is 6.31. The Hall–Kier alpha value is -2.19. The minimum Gasteiger partial charge on any atom is -0.347 e. The van der Waals surface area contributed by atoms with Crippen molar-refractivity contribution in [1.29, 1.82) is 0 Å². The van der Waals surface area contributed by atoms with Gasteiger partial charge in [-0.05, 0) is 32.9 Å². The van der Waals surface area contributed by atoms with Crippen molar-refractivity contribution >= 4 is 34.8 Å². The summed E-state index contributed by atoms with van der Waals surface area (Å²) in [6.45, 7) is 5.72. The molecule has 9 heteroatoms. The Bertz CT molecular complexity index is 643. The average Bonchev–Trinajstić information content (AvgIpc) is 2.37. The number of anilines is 1. The molecule has 1 unspecified atom stereocenters. The first-order chi connectivity index (χ1) is 11.0. The van der Waals surface area contributed by atoms with Crippen molar-refractivity contribution in [2.24, 2.45) is 0 Å². The molecular formula is C15H22ClN4O4+. The maximum atomic E-state index is 12.0. The second kappa shape index (κ2) is 8.07. The number of hydrogen-bond donors (Lipinski definition) is 3. The Kier molecular flexibility index (Phi) is 6.68. The van der Waals surface area contributed by atoms with Crippen LogP contribution in [0.15, 0.2) is 18.2 Å². The maximum Gasteiger partial charge on any atom is 0.294 e. The fourth-order valence-electron chi connectivity index (χ4n) is 2.03. The highest BCUT2D eigenvalue weighted by Gasteiger charge is 2.21. The van der Waals surface area contributed by atoms with E-state index in [9.17, 15) is 19.7 Å². The molecule has 0 aliphatic rings. The largest absolute Gasteiger partial charge is 0.347 e. The van der Waals surface area contributed by atoms with E-state index < -0.39 is 10.8 Å². The van der Waals surface area contributed by atoms with Crippen LogP contribution >= 0.6 is 11.6 Å². The van der Waals surface area contributed by atoms with Crippen LogP contribution < -0.4 is 15.5 Å². The molecule has 0 radical (unpaired) electrons. The first-order valence-corrected chi connectivity index (χ1v) is 7.72. The van der Waals surface area contributed by atoms with E-state index in [1.54, 1.807) is 7.05 Å². The second-order valence-corrected chi connectivity index (χ2v) is 7.01. The number of nitrogens with zero attached hydrogens (tertiary/aromatic N) is 1. The van der Waals surface area contributed by atoms with Gasteiger partial charge in [-0.2, -0.15) is 0 Å². The molecule has 1 rings (SSSR count). The summed E-state index contributed by atoms with van der Waals surface area (Å²) in [7, 11) is 1.69. The smallest absolute Gasteiger partial charge is 0.294 e. The predicted octanol–water partition coefficient (Wildman–Crippen LogP) is 0.616. The Balaban J connectivity index is 2.64. The Morgan fingerprint density at radius 3 is 2.38 bits per heavy atom. The number of carbonyl (C=O) groups excluding carboxylic acids is 2. The van der Waals surface area contributed by atoms with Crippen LogP contribution in [0.4, 0.5) is 11.4 Å². The van der Waals surface area contributed by atoms with E-state index in [0.29, 0.717) is 4.90 Å². The monoisotopic (exact) mass is 357 g/mol. The molecule has 1 aromatic carbocycles. The van der Waals surface area contributed by atoms with Gasteiger partial charge in [0.25, 0.3) is 17.5 Å². The number of halogens is 1. The summed E-state index contributed by atoms with van der Waals surface area (Å²) < 4.78 is 0. The van der Waals surface area contributed by atoms with E-state index in [-0.39, 0.29) is 40.9 Å². The molecule has 2 amide bonds. The van der Waals surface area contributed by atoms with Crippen LogP contribution in [-0.4, -0.2) is 42.4 Å². The number of benzene rings is 1. The molecule has 0 bridgehead atoms. The summed E-state index contributed by atoms with van der Waals surface area (Å²) in [6.07, 6.45) is 0. The van der Waals surface area contributed by atoms with Gasteiger partial charge in [0.15, 0.2) is 13.1 Å². The molecule has 0 aliphatic heterocycles. The number of nitro benzene ring substituents is 1. The normalized spacial score (nSPS) is 12.4. The number of hydrogen-bond acceptors (Lipinski definition) is 4. The summed E-state index contributed by atoms with van der Waals surface area (Å²) in [5.41, 5.74) is -0.552. The van der Waals surface area contributed by atoms with Gasteiger partial charge >= 0.3 is 0 Å². The molecular weight excluding hydrogens is 336 g/mol. The first kappa shape index (κ1) is 19.9. The molecule has 0 saturated heterocycles. The predicted molar refractivity (Wildman–Crippen MR) is 91.3 cm³/mol. The van der Waals surface area contributed by atoms with E-state index in [1.807, 2.05) is 20.8 Å². The van der Waals surface area contributed by atoms with Gasteiger partial charge in [0.2, 0.25) is 0 Å². The molecule has 1 aromatic rings. The first-order valence-electron chi connectivity index (χ1n) is 7.34. The minimum atomic E-state index is -0.616. The quantitative estimate of drug-likeness (QED) is 0.512. The van der Waals surface area contributed by atoms with Crippen LogP contribution in [0.1, 0.15) is 20.8 Å². The van der Waals surface area contributed by atoms with Crippen LogP contribution in [0.5, 0.6) is 0 Å². The van der Waals surface area contributed by atoms with E-state index in [2.05, 4.69) is 10.6 Å². The number of quaternary nitrogens is 1. The summed E-state index contributed by atoms with van der Waals surface area (Å²) in [6, 6.07) is 4.00. The van der Waals surface area contributed by atoms with Crippen LogP contribution in [0.3, 0.4) is 0 Å². The molecule has 0 aliphatic carbocycles. The Morgan fingerprint density at radius 1 is 1.25 bits per heavy atom. The van der Waals surface area contributed by atoms with E-state index in [0.717, 1.165) is 0 Å². The summed E-state index contributed by atoms with van der Waals surface area (Å²) in [5.74, 6) is -0.605. The molecule has 0 saturated carbocycles. The molecule has 0 spiro atoms. The van der Waals surface area contributed by atoms with Crippen molar-refractivity contribution in [3.63, 3.8) is 0 Å². The van der Waals surface area contributed by atoms with Gasteiger partial charge in [-0.25, -0.2) is 0 Å². The summed E-state index contributed by atoms with van der Waals surface area (Å²) in [5, 5.41) is 16.5. The molecule has 24 heavy (non-hydrogen) atoms. The van der Waals surface area contributed by atoms with Crippen molar-refractivity contribution in [1.82, 2.24) is 5.32 Å². The van der Waals surface area contributed by atoms with Crippen molar-refractivity contribution < 1.29 is 19.4 Å². The van der Waals surface area contributed by atoms with Gasteiger partial charge in [0, 0.05) is 16.6 Å². The van der Waals surface area contributed by atoms with Gasteiger partial charge in [-0.1, -0.05) is 11.6 Å². The zero-order chi connectivity index (χ0) is 18.5. The number of nitrogens with one attached hydrogen (secondary N) is 3. The number of amides is 2. The standard InChI is InChI=1S/C15H21ClN4O4/c1-15(2,3)18-14(22)9-19(4)8-13(21)17-11-6-5-10(16)7-12(11)20(23)24/h5-7H,8-9H2,1-4H3,(H,17,21)(H,18,22)/p+1. The molecule has 132 valence electrons.